The van der Waals surface area contributed by atoms with E-state index < -0.39 is 6.29 Å². The molecule has 0 heterocycles. The van der Waals surface area contributed by atoms with Gasteiger partial charge in [-0.25, -0.2) is 9.78 Å². The number of aliphatic hydroxyl groups excluding tert-OH is 1. The zero-order chi connectivity index (χ0) is 11.2. The SMILES string of the molecule is CCCCC(O)OOC(C)(C)C(C)C. The monoisotopic (exact) mass is 204 g/mol. The van der Waals surface area contributed by atoms with Gasteiger partial charge in [0.05, 0.1) is 0 Å². The van der Waals surface area contributed by atoms with E-state index in [1.807, 2.05) is 13.8 Å². The highest BCUT2D eigenvalue weighted by molar-refractivity contribution is 4.70. The van der Waals surface area contributed by atoms with E-state index >= 15 is 0 Å². The first kappa shape index (κ1) is 13.9. The highest BCUT2D eigenvalue weighted by atomic mass is 17.2. The fraction of sp³-hybridized carbons (Fsp3) is 1.00. The lowest BCUT2D eigenvalue weighted by atomic mass is 9.95. The Morgan fingerprint density at radius 3 is 2.29 bits per heavy atom. The molecule has 0 rings (SSSR count). The van der Waals surface area contributed by atoms with Gasteiger partial charge in [-0.2, -0.15) is 0 Å². The Labute approximate surface area is 87.3 Å². The van der Waals surface area contributed by atoms with Crippen molar-refractivity contribution in [3.8, 4) is 0 Å². The van der Waals surface area contributed by atoms with Gasteiger partial charge < -0.3 is 5.11 Å². The van der Waals surface area contributed by atoms with Crippen LogP contribution in [-0.2, 0) is 9.78 Å². The van der Waals surface area contributed by atoms with E-state index in [9.17, 15) is 5.11 Å². The van der Waals surface area contributed by atoms with Crippen LogP contribution in [0, 0.1) is 5.92 Å². The molecule has 0 aromatic rings. The molecule has 3 nitrogen and oxygen atoms in total. The van der Waals surface area contributed by atoms with Crippen LogP contribution in [0.5, 0.6) is 0 Å². The second-order valence-electron chi connectivity index (χ2n) is 4.53. The Morgan fingerprint density at radius 1 is 1.29 bits per heavy atom. The molecule has 0 aromatic heterocycles. The van der Waals surface area contributed by atoms with Gasteiger partial charge in [-0.1, -0.05) is 27.2 Å². The van der Waals surface area contributed by atoms with Crippen LogP contribution < -0.4 is 0 Å². The number of rotatable bonds is 7. The summed E-state index contributed by atoms with van der Waals surface area (Å²) in [4.78, 5) is 10.1. The van der Waals surface area contributed by atoms with Crippen molar-refractivity contribution in [1.29, 1.82) is 0 Å². The van der Waals surface area contributed by atoms with Crippen LogP contribution in [0.4, 0.5) is 0 Å². The van der Waals surface area contributed by atoms with Gasteiger partial charge in [-0.05, 0) is 26.2 Å². The molecule has 1 unspecified atom stereocenters. The zero-order valence-corrected chi connectivity index (χ0v) is 10.0. The Morgan fingerprint density at radius 2 is 1.86 bits per heavy atom. The maximum Gasteiger partial charge on any atom is 0.188 e. The fourth-order valence-corrected chi connectivity index (χ4v) is 0.703. The minimum Gasteiger partial charge on any atom is -0.366 e. The van der Waals surface area contributed by atoms with Crippen molar-refractivity contribution in [3.63, 3.8) is 0 Å². The lowest BCUT2D eigenvalue weighted by molar-refractivity contribution is -0.419. The smallest absolute Gasteiger partial charge is 0.188 e. The summed E-state index contributed by atoms with van der Waals surface area (Å²) < 4.78 is 0. The topological polar surface area (TPSA) is 38.7 Å². The number of hydrogen-bond acceptors (Lipinski definition) is 3. The van der Waals surface area contributed by atoms with Crippen molar-refractivity contribution in [2.24, 2.45) is 5.92 Å². The Bertz CT molecular complexity index is 143. The second-order valence-corrected chi connectivity index (χ2v) is 4.53. The van der Waals surface area contributed by atoms with Crippen molar-refractivity contribution in [2.75, 3.05) is 0 Å². The third-order valence-electron chi connectivity index (χ3n) is 2.57. The first-order valence-corrected chi connectivity index (χ1v) is 5.42. The summed E-state index contributed by atoms with van der Waals surface area (Å²) in [5.74, 6) is 0.348. The van der Waals surface area contributed by atoms with E-state index in [1.165, 1.54) is 0 Å². The zero-order valence-electron chi connectivity index (χ0n) is 10.0. The third kappa shape index (κ3) is 5.58. The molecule has 0 spiro atoms. The van der Waals surface area contributed by atoms with Crippen LogP contribution in [0.3, 0.4) is 0 Å². The Balaban J connectivity index is 3.70. The van der Waals surface area contributed by atoms with E-state index in [0.717, 1.165) is 12.8 Å². The van der Waals surface area contributed by atoms with Crippen LogP contribution in [0.25, 0.3) is 0 Å². The molecule has 0 bridgehead atoms. The molecule has 1 atom stereocenters. The van der Waals surface area contributed by atoms with E-state index in [1.54, 1.807) is 0 Å². The quantitative estimate of drug-likeness (QED) is 0.394. The van der Waals surface area contributed by atoms with Gasteiger partial charge in [0, 0.05) is 6.42 Å². The van der Waals surface area contributed by atoms with E-state index in [0.29, 0.717) is 12.3 Å². The van der Waals surface area contributed by atoms with Crippen LogP contribution in [0.2, 0.25) is 0 Å². The van der Waals surface area contributed by atoms with Crippen molar-refractivity contribution in [3.05, 3.63) is 0 Å². The van der Waals surface area contributed by atoms with Crippen LogP contribution >= 0.6 is 0 Å². The molecule has 0 amide bonds. The Hall–Kier alpha value is -0.120. The molecule has 0 saturated carbocycles. The van der Waals surface area contributed by atoms with Crippen LogP contribution in [0.1, 0.15) is 53.9 Å². The van der Waals surface area contributed by atoms with E-state index in [4.69, 9.17) is 9.78 Å². The summed E-state index contributed by atoms with van der Waals surface area (Å²) >= 11 is 0. The summed E-state index contributed by atoms with van der Waals surface area (Å²) in [6.07, 6.45) is 1.83. The molecule has 86 valence electrons. The lowest BCUT2D eigenvalue weighted by Gasteiger charge is -2.28. The lowest BCUT2D eigenvalue weighted by Crippen LogP contribution is -2.33. The van der Waals surface area contributed by atoms with Gasteiger partial charge in [0.15, 0.2) is 6.29 Å². The summed E-state index contributed by atoms with van der Waals surface area (Å²) in [5.41, 5.74) is -0.354. The van der Waals surface area contributed by atoms with Gasteiger partial charge in [-0.15, -0.1) is 0 Å². The summed E-state index contributed by atoms with van der Waals surface area (Å²) in [5, 5.41) is 9.38. The van der Waals surface area contributed by atoms with Gasteiger partial charge in [0.25, 0.3) is 0 Å². The van der Waals surface area contributed by atoms with Gasteiger partial charge in [-0.3, -0.25) is 0 Å². The highest BCUT2D eigenvalue weighted by Crippen LogP contribution is 2.21. The minimum absolute atomic E-state index is 0.348. The molecule has 0 radical (unpaired) electrons. The van der Waals surface area contributed by atoms with Crippen LogP contribution in [0.15, 0.2) is 0 Å². The predicted octanol–water partition coefficient (Wildman–Crippen LogP) is 2.88. The van der Waals surface area contributed by atoms with Crippen molar-refractivity contribution in [2.45, 2.75) is 65.8 Å². The second kappa shape index (κ2) is 6.38. The number of aliphatic hydroxyl groups is 1. The van der Waals surface area contributed by atoms with Gasteiger partial charge >= 0.3 is 0 Å². The van der Waals surface area contributed by atoms with Crippen molar-refractivity contribution >= 4 is 0 Å². The molecular weight excluding hydrogens is 180 g/mol. The average Bonchev–Trinajstić information content (AvgIpc) is 2.11. The normalized spacial score (nSPS) is 14.8. The average molecular weight is 204 g/mol. The molecule has 1 N–H and O–H groups in total. The standard InChI is InChI=1S/C11H24O3/c1-6-7-8-10(12)13-14-11(4,5)9(2)3/h9-10,12H,6-8H2,1-5H3. The highest BCUT2D eigenvalue weighted by Gasteiger charge is 2.25. The molecule has 0 saturated heterocycles. The molecule has 0 aliphatic rings. The summed E-state index contributed by atoms with van der Waals surface area (Å²) in [6, 6.07) is 0. The molecule has 0 aliphatic heterocycles. The number of hydrogen-bond donors (Lipinski definition) is 1. The molecule has 0 aromatic carbocycles. The largest absolute Gasteiger partial charge is 0.366 e. The molecule has 14 heavy (non-hydrogen) atoms. The number of unbranched alkanes of at least 4 members (excludes halogenated alkanes) is 1. The molecular formula is C11H24O3. The molecule has 0 fully saturated rings. The first-order chi connectivity index (χ1) is 6.40. The third-order valence-corrected chi connectivity index (χ3v) is 2.57. The van der Waals surface area contributed by atoms with E-state index in [-0.39, 0.29) is 5.60 Å². The maximum atomic E-state index is 9.38. The molecule has 0 aliphatic carbocycles. The minimum atomic E-state index is -0.798. The van der Waals surface area contributed by atoms with Gasteiger partial charge in [0.2, 0.25) is 0 Å². The summed E-state index contributed by atoms with van der Waals surface area (Å²) in [7, 11) is 0. The van der Waals surface area contributed by atoms with Crippen molar-refractivity contribution in [1.82, 2.24) is 0 Å². The molecule has 3 heteroatoms. The van der Waals surface area contributed by atoms with E-state index in [2.05, 4.69) is 20.8 Å². The maximum absolute atomic E-state index is 9.38. The van der Waals surface area contributed by atoms with Gasteiger partial charge in [0.1, 0.15) is 5.60 Å². The van der Waals surface area contributed by atoms with Crippen LogP contribution in [-0.4, -0.2) is 17.0 Å². The Kier molecular flexibility index (Phi) is 6.33. The fourth-order valence-electron chi connectivity index (χ4n) is 0.703. The predicted molar refractivity (Wildman–Crippen MR) is 56.6 cm³/mol. The summed E-state index contributed by atoms with van der Waals surface area (Å²) in [6.45, 7) is 10.1. The van der Waals surface area contributed by atoms with Crippen molar-refractivity contribution < 1.29 is 14.9 Å². The first-order valence-electron chi connectivity index (χ1n) is 5.42.